The normalized spacial score (nSPS) is 17.1. The van der Waals surface area contributed by atoms with Crippen molar-refractivity contribution in [2.24, 2.45) is 0 Å². The van der Waals surface area contributed by atoms with Gasteiger partial charge in [0.05, 0.1) is 12.2 Å². The van der Waals surface area contributed by atoms with Crippen LogP contribution in [0.5, 0.6) is 0 Å². The first-order valence-electron chi connectivity index (χ1n) is 8.77. The van der Waals surface area contributed by atoms with E-state index in [9.17, 15) is 8.78 Å². The molecular weight excluding hydrogens is 350 g/mol. The van der Waals surface area contributed by atoms with Crippen molar-refractivity contribution in [3.05, 3.63) is 72.3 Å². The maximum Gasteiger partial charge on any atom is 0.183 e. The summed E-state index contributed by atoms with van der Waals surface area (Å²) in [5.74, 6) is -0.114. The lowest BCUT2D eigenvalue weighted by atomic mass is 10.0. The molecule has 136 valence electrons. The van der Waals surface area contributed by atoms with Crippen LogP contribution in [0.2, 0.25) is 0 Å². The van der Waals surface area contributed by atoms with Gasteiger partial charge in [-0.25, -0.2) is 23.0 Å². The van der Waals surface area contributed by atoms with Crippen LogP contribution in [-0.2, 0) is 0 Å². The lowest BCUT2D eigenvalue weighted by molar-refractivity contribution is 0.560. The monoisotopic (exact) mass is 366 g/mol. The van der Waals surface area contributed by atoms with Crippen molar-refractivity contribution in [2.75, 3.05) is 11.4 Å². The third kappa shape index (κ3) is 2.64. The summed E-state index contributed by atoms with van der Waals surface area (Å²) in [5, 5.41) is 8.55. The molecule has 0 N–H and O–H groups in total. The van der Waals surface area contributed by atoms with Gasteiger partial charge in [0.15, 0.2) is 5.65 Å². The summed E-state index contributed by atoms with van der Waals surface area (Å²) < 4.78 is 31.4. The van der Waals surface area contributed by atoms with Crippen LogP contribution < -0.4 is 4.90 Å². The highest BCUT2D eigenvalue weighted by Crippen LogP contribution is 2.37. The summed E-state index contributed by atoms with van der Waals surface area (Å²) in [5.41, 5.74) is 1.78. The fraction of sp³-hybridized carbons (Fsp3) is 0.211. The summed E-state index contributed by atoms with van der Waals surface area (Å²) in [4.78, 5) is 6.78. The fourth-order valence-corrected chi connectivity index (χ4v) is 3.71. The number of halogens is 2. The van der Waals surface area contributed by atoms with Crippen molar-refractivity contribution in [2.45, 2.75) is 18.9 Å². The van der Waals surface area contributed by atoms with Gasteiger partial charge < -0.3 is 4.90 Å². The first-order valence-corrected chi connectivity index (χ1v) is 8.77. The standard InChI is InChI=1S/C19H16F2N6/c20-13-4-5-15(21)14(11-13)16-3-1-8-25(16)18-6-10-27-19(24-18)17(12-23-27)26-9-2-7-22-26/h2,4-7,9-12,16H,1,3,8H2/t16-/m0/s1. The first kappa shape index (κ1) is 15.9. The Bertz CT molecular complexity index is 1100. The molecule has 5 rings (SSSR count). The van der Waals surface area contributed by atoms with Gasteiger partial charge in [0.25, 0.3) is 0 Å². The lowest BCUT2D eigenvalue weighted by Gasteiger charge is -2.26. The van der Waals surface area contributed by atoms with E-state index in [1.807, 2.05) is 29.4 Å². The van der Waals surface area contributed by atoms with Crippen LogP contribution in [-0.4, -0.2) is 30.9 Å². The van der Waals surface area contributed by atoms with Crippen molar-refractivity contribution in [1.82, 2.24) is 24.4 Å². The largest absolute Gasteiger partial charge is 0.349 e. The summed E-state index contributed by atoms with van der Waals surface area (Å²) >= 11 is 0. The minimum atomic E-state index is -0.432. The molecule has 0 bridgehead atoms. The van der Waals surface area contributed by atoms with E-state index in [1.54, 1.807) is 21.6 Å². The molecule has 6 nitrogen and oxygen atoms in total. The van der Waals surface area contributed by atoms with Crippen LogP contribution in [0.25, 0.3) is 11.3 Å². The average Bonchev–Trinajstić information content (AvgIpc) is 3.42. The highest BCUT2D eigenvalue weighted by Gasteiger charge is 2.30. The fourth-order valence-electron chi connectivity index (χ4n) is 3.71. The molecule has 3 aromatic heterocycles. The van der Waals surface area contributed by atoms with Gasteiger partial charge in [-0.2, -0.15) is 10.2 Å². The smallest absolute Gasteiger partial charge is 0.183 e. The molecule has 1 saturated heterocycles. The number of anilines is 1. The molecule has 1 fully saturated rings. The van der Waals surface area contributed by atoms with Crippen molar-refractivity contribution in [3.8, 4) is 5.69 Å². The number of benzene rings is 1. The summed E-state index contributed by atoms with van der Waals surface area (Å²) in [6, 6.07) is 7.05. The molecule has 1 aliphatic rings. The number of hydrogen-bond acceptors (Lipinski definition) is 4. The Labute approximate surface area is 153 Å². The third-order valence-corrected chi connectivity index (χ3v) is 4.95. The van der Waals surface area contributed by atoms with E-state index in [2.05, 4.69) is 10.2 Å². The van der Waals surface area contributed by atoms with Gasteiger partial charge in [-0.3, -0.25) is 0 Å². The Morgan fingerprint density at radius 2 is 2.00 bits per heavy atom. The molecule has 1 aliphatic heterocycles. The Morgan fingerprint density at radius 3 is 2.85 bits per heavy atom. The number of rotatable bonds is 3. The Balaban J connectivity index is 1.58. The predicted molar refractivity (Wildman–Crippen MR) is 95.8 cm³/mol. The third-order valence-electron chi connectivity index (χ3n) is 4.95. The van der Waals surface area contributed by atoms with E-state index in [0.717, 1.165) is 31.1 Å². The van der Waals surface area contributed by atoms with Crippen molar-refractivity contribution in [1.29, 1.82) is 0 Å². The van der Waals surface area contributed by atoms with Crippen LogP contribution in [0, 0.1) is 11.6 Å². The molecule has 0 unspecified atom stereocenters. The van der Waals surface area contributed by atoms with Gasteiger partial charge in [0.1, 0.15) is 23.1 Å². The van der Waals surface area contributed by atoms with Gasteiger partial charge >= 0.3 is 0 Å². The van der Waals surface area contributed by atoms with E-state index in [4.69, 9.17) is 4.98 Å². The maximum absolute atomic E-state index is 14.3. The summed E-state index contributed by atoms with van der Waals surface area (Å²) in [6.45, 7) is 0.731. The average molecular weight is 366 g/mol. The van der Waals surface area contributed by atoms with E-state index in [1.165, 1.54) is 12.1 Å². The second-order valence-electron chi connectivity index (χ2n) is 6.55. The van der Waals surface area contributed by atoms with Crippen molar-refractivity contribution < 1.29 is 8.78 Å². The molecule has 0 radical (unpaired) electrons. The molecule has 4 heterocycles. The molecular formula is C19H16F2N6. The van der Waals surface area contributed by atoms with E-state index < -0.39 is 11.6 Å². The SMILES string of the molecule is Fc1ccc(F)c([C@@H]2CCCN2c2ccn3ncc(-n4cccn4)c3n2)c1. The highest BCUT2D eigenvalue weighted by molar-refractivity contribution is 5.61. The van der Waals surface area contributed by atoms with Crippen LogP contribution in [0.1, 0.15) is 24.4 Å². The maximum atomic E-state index is 14.3. The van der Waals surface area contributed by atoms with E-state index in [-0.39, 0.29) is 6.04 Å². The molecule has 8 heteroatoms. The van der Waals surface area contributed by atoms with Gasteiger partial charge in [0.2, 0.25) is 0 Å². The summed E-state index contributed by atoms with van der Waals surface area (Å²) in [6.07, 6.45) is 8.68. The zero-order valence-corrected chi connectivity index (χ0v) is 14.3. The van der Waals surface area contributed by atoms with Gasteiger partial charge in [0, 0.05) is 30.7 Å². The number of hydrogen-bond donors (Lipinski definition) is 0. The highest BCUT2D eigenvalue weighted by atomic mass is 19.1. The minimum absolute atomic E-state index is 0.244. The second-order valence-corrected chi connectivity index (χ2v) is 6.55. The van der Waals surface area contributed by atoms with Crippen LogP contribution >= 0.6 is 0 Å². The molecule has 0 spiro atoms. The lowest BCUT2D eigenvalue weighted by Crippen LogP contribution is -2.24. The Kier molecular flexibility index (Phi) is 3.63. The van der Waals surface area contributed by atoms with Crippen molar-refractivity contribution >= 4 is 11.5 Å². The quantitative estimate of drug-likeness (QED) is 0.557. The molecule has 1 aromatic carbocycles. The van der Waals surface area contributed by atoms with Gasteiger partial charge in [-0.15, -0.1) is 0 Å². The number of aromatic nitrogens is 5. The molecule has 0 amide bonds. The topological polar surface area (TPSA) is 51.2 Å². The van der Waals surface area contributed by atoms with Gasteiger partial charge in [-0.1, -0.05) is 0 Å². The van der Waals surface area contributed by atoms with E-state index >= 15 is 0 Å². The first-order chi connectivity index (χ1) is 13.2. The zero-order chi connectivity index (χ0) is 18.4. The van der Waals surface area contributed by atoms with Crippen LogP contribution in [0.15, 0.2) is 55.1 Å². The molecule has 27 heavy (non-hydrogen) atoms. The Hall–Kier alpha value is -3.29. The minimum Gasteiger partial charge on any atom is -0.349 e. The predicted octanol–water partition coefficient (Wildman–Crippen LogP) is 3.53. The number of fused-ring (bicyclic) bond motifs is 1. The summed E-state index contributed by atoms with van der Waals surface area (Å²) in [7, 11) is 0. The van der Waals surface area contributed by atoms with Gasteiger partial charge in [-0.05, 0) is 43.2 Å². The number of nitrogens with zero attached hydrogens (tertiary/aromatic N) is 6. The molecule has 0 aliphatic carbocycles. The van der Waals surface area contributed by atoms with E-state index in [0.29, 0.717) is 17.0 Å². The zero-order valence-electron chi connectivity index (χ0n) is 14.3. The molecule has 4 aromatic rings. The van der Waals surface area contributed by atoms with Crippen LogP contribution in [0.4, 0.5) is 14.6 Å². The second kappa shape index (κ2) is 6.15. The van der Waals surface area contributed by atoms with Crippen molar-refractivity contribution in [3.63, 3.8) is 0 Å². The Morgan fingerprint density at radius 1 is 1.07 bits per heavy atom. The molecule has 0 saturated carbocycles. The van der Waals surface area contributed by atoms with Crippen LogP contribution in [0.3, 0.4) is 0 Å². The molecule has 1 atom stereocenters.